The minimum Gasteiger partial charge on any atom is -0.346 e. The molecule has 2 aliphatic rings. The van der Waals surface area contributed by atoms with Gasteiger partial charge in [-0.1, -0.05) is 0 Å². The van der Waals surface area contributed by atoms with Gasteiger partial charge in [-0.2, -0.15) is 4.37 Å². The Morgan fingerprint density at radius 2 is 1.94 bits per heavy atom. The van der Waals surface area contributed by atoms with Gasteiger partial charge in [0.05, 0.1) is 0 Å². The summed E-state index contributed by atoms with van der Waals surface area (Å²) in [6.07, 6.45) is 2.22. The van der Waals surface area contributed by atoms with Gasteiger partial charge < -0.3 is 4.90 Å². The average molecular weight is 245 g/mol. The van der Waals surface area contributed by atoms with Crippen molar-refractivity contribution >= 4 is 16.7 Å². The van der Waals surface area contributed by atoms with E-state index >= 15 is 0 Å². The van der Waals surface area contributed by atoms with Gasteiger partial charge in [-0.15, -0.1) is 0 Å². The zero-order valence-corrected chi connectivity index (χ0v) is 9.64. The standard InChI is InChI=1S/C10H13F2N3S/c11-10(12)3-5-15(6-4-10)9-13-8(14-16-9)7-1-2-7/h7H,1-6H2. The van der Waals surface area contributed by atoms with Crippen LogP contribution in [0.3, 0.4) is 0 Å². The minimum absolute atomic E-state index is 0.0641. The Balaban J connectivity index is 1.68. The van der Waals surface area contributed by atoms with Crippen LogP contribution in [-0.4, -0.2) is 28.4 Å². The quantitative estimate of drug-likeness (QED) is 0.802. The van der Waals surface area contributed by atoms with Crippen molar-refractivity contribution in [1.29, 1.82) is 0 Å². The lowest BCUT2D eigenvalue weighted by atomic mass is 10.1. The van der Waals surface area contributed by atoms with E-state index in [1.165, 1.54) is 24.4 Å². The number of anilines is 1. The topological polar surface area (TPSA) is 29.0 Å². The number of rotatable bonds is 2. The summed E-state index contributed by atoms with van der Waals surface area (Å²) < 4.78 is 30.2. The highest BCUT2D eigenvalue weighted by atomic mass is 32.1. The van der Waals surface area contributed by atoms with Gasteiger partial charge in [0.15, 0.2) is 0 Å². The molecule has 6 heteroatoms. The van der Waals surface area contributed by atoms with Crippen LogP contribution in [0.25, 0.3) is 0 Å². The van der Waals surface area contributed by atoms with Gasteiger partial charge in [-0.05, 0) is 12.8 Å². The van der Waals surface area contributed by atoms with Crippen molar-refractivity contribution in [1.82, 2.24) is 9.36 Å². The second-order valence-electron chi connectivity index (χ2n) is 4.55. The SMILES string of the molecule is FC1(F)CCN(c2nc(C3CC3)ns2)CC1. The Labute approximate surface area is 96.7 Å². The first-order valence-corrected chi connectivity index (χ1v) is 6.38. The van der Waals surface area contributed by atoms with Gasteiger partial charge in [-0.3, -0.25) is 0 Å². The van der Waals surface area contributed by atoms with Crippen LogP contribution < -0.4 is 4.90 Å². The zero-order valence-electron chi connectivity index (χ0n) is 8.83. The summed E-state index contributed by atoms with van der Waals surface area (Å²) in [5.74, 6) is -1.03. The predicted molar refractivity (Wildman–Crippen MR) is 58.3 cm³/mol. The third-order valence-electron chi connectivity index (χ3n) is 3.14. The molecular weight excluding hydrogens is 232 g/mol. The van der Waals surface area contributed by atoms with E-state index in [1.54, 1.807) is 0 Å². The van der Waals surface area contributed by atoms with Crippen molar-refractivity contribution in [2.45, 2.75) is 37.5 Å². The van der Waals surface area contributed by atoms with E-state index in [9.17, 15) is 8.78 Å². The largest absolute Gasteiger partial charge is 0.346 e. The number of alkyl halides is 2. The van der Waals surface area contributed by atoms with E-state index in [-0.39, 0.29) is 12.8 Å². The Bertz CT molecular complexity index is 379. The van der Waals surface area contributed by atoms with Crippen LogP contribution in [0, 0.1) is 0 Å². The molecule has 3 nitrogen and oxygen atoms in total. The molecular formula is C10H13F2N3S. The fourth-order valence-electron chi connectivity index (χ4n) is 1.89. The molecule has 0 aromatic carbocycles. The maximum Gasteiger partial charge on any atom is 0.251 e. The van der Waals surface area contributed by atoms with Crippen molar-refractivity contribution in [2.75, 3.05) is 18.0 Å². The summed E-state index contributed by atoms with van der Waals surface area (Å²) in [5.41, 5.74) is 0. The maximum atomic E-state index is 13.0. The molecule has 1 saturated carbocycles. The fraction of sp³-hybridized carbons (Fsp3) is 0.800. The summed E-state index contributed by atoms with van der Waals surface area (Å²) in [6.45, 7) is 0.790. The summed E-state index contributed by atoms with van der Waals surface area (Å²) in [5, 5.41) is 0.817. The highest BCUT2D eigenvalue weighted by Gasteiger charge is 2.35. The molecule has 1 aromatic heterocycles. The zero-order chi connectivity index (χ0) is 11.2. The van der Waals surface area contributed by atoms with E-state index in [1.807, 2.05) is 4.90 Å². The molecule has 1 aliphatic heterocycles. The molecule has 2 heterocycles. The van der Waals surface area contributed by atoms with Crippen LogP contribution in [0.5, 0.6) is 0 Å². The van der Waals surface area contributed by atoms with Crippen molar-refractivity contribution in [2.24, 2.45) is 0 Å². The first-order valence-electron chi connectivity index (χ1n) is 5.60. The molecule has 0 bridgehead atoms. The monoisotopic (exact) mass is 245 g/mol. The van der Waals surface area contributed by atoms with Gasteiger partial charge in [0, 0.05) is 43.4 Å². The van der Waals surface area contributed by atoms with Gasteiger partial charge in [0.25, 0.3) is 5.92 Å². The first-order chi connectivity index (χ1) is 7.64. The van der Waals surface area contributed by atoms with Crippen LogP contribution in [0.15, 0.2) is 0 Å². The predicted octanol–water partition coefficient (Wildman–Crippen LogP) is 2.65. The molecule has 88 valence electrons. The lowest BCUT2D eigenvalue weighted by Crippen LogP contribution is -2.39. The van der Waals surface area contributed by atoms with Gasteiger partial charge in [0.2, 0.25) is 5.13 Å². The average Bonchev–Trinajstić information content (AvgIpc) is 2.98. The first kappa shape index (κ1) is 10.4. The summed E-state index contributed by atoms with van der Waals surface area (Å²) in [6, 6.07) is 0. The lowest BCUT2D eigenvalue weighted by molar-refractivity contribution is -0.0220. The van der Waals surface area contributed by atoms with Crippen molar-refractivity contribution in [3.63, 3.8) is 0 Å². The Morgan fingerprint density at radius 1 is 1.25 bits per heavy atom. The second kappa shape index (κ2) is 3.61. The summed E-state index contributed by atoms with van der Waals surface area (Å²) in [4.78, 5) is 6.36. The molecule has 0 amide bonds. The molecule has 2 fully saturated rings. The Morgan fingerprint density at radius 3 is 2.56 bits per heavy atom. The van der Waals surface area contributed by atoms with Crippen molar-refractivity contribution in [3.8, 4) is 0 Å². The van der Waals surface area contributed by atoms with Crippen molar-refractivity contribution in [3.05, 3.63) is 5.82 Å². The highest BCUT2D eigenvalue weighted by molar-refractivity contribution is 7.09. The molecule has 3 rings (SSSR count). The Hall–Kier alpha value is -0.780. The van der Waals surface area contributed by atoms with E-state index in [4.69, 9.17) is 0 Å². The number of halogens is 2. The fourth-order valence-corrected chi connectivity index (χ4v) is 2.68. The van der Waals surface area contributed by atoms with E-state index in [2.05, 4.69) is 9.36 Å². The number of nitrogens with zero attached hydrogens (tertiary/aromatic N) is 3. The molecule has 0 N–H and O–H groups in total. The highest BCUT2D eigenvalue weighted by Crippen LogP contribution is 2.40. The molecule has 1 aliphatic carbocycles. The van der Waals surface area contributed by atoms with Crippen LogP contribution in [-0.2, 0) is 0 Å². The molecule has 1 saturated heterocycles. The van der Waals surface area contributed by atoms with E-state index in [0.717, 1.165) is 11.0 Å². The molecule has 0 radical (unpaired) electrons. The maximum absolute atomic E-state index is 13.0. The summed E-state index contributed by atoms with van der Waals surface area (Å²) >= 11 is 1.34. The molecule has 16 heavy (non-hydrogen) atoms. The Kier molecular flexibility index (Phi) is 2.34. The van der Waals surface area contributed by atoms with Crippen LogP contribution >= 0.6 is 11.5 Å². The molecule has 0 atom stereocenters. The van der Waals surface area contributed by atoms with Crippen LogP contribution in [0.4, 0.5) is 13.9 Å². The molecule has 0 unspecified atom stereocenters. The van der Waals surface area contributed by atoms with Crippen LogP contribution in [0.1, 0.15) is 37.4 Å². The smallest absolute Gasteiger partial charge is 0.251 e. The van der Waals surface area contributed by atoms with E-state index < -0.39 is 5.92 Å². The number of hydrogen-bond acceptors (Lipinski definition) is 4. The minimum atomic E-state index is -2.49. The third kappa shape index (κ3) is 2.03. The lowest BCUT2D eigenvalue weighted by Gasteiger charge is -2.31. The normalized spacial score (nSPS) is 24.8. The molecule has 0 spiro atoms. The second-order valence-corrected chi connectivity index (χ2v) is 5.28. The van der Waals surface area contributed by atoms with Gasteiger partial charge >= 0.3 is 0 Å². The van der Waals surface area contributed by atoms with Crippen LogP contribution in [0.2, 0.25) is 0 Å². The summed E-state index contributed by atoms with van der Waals surface area (Å²) in [7, 11) is 0. The number of hydrogen-bond donors (Lipinski definition) is 0. The number of aromatic nitrogens is 2. The van der Waals surface area contributed by atoms with Gasteiger partial charge in [-0.25, -0.2) is 13.8 Å². The third-order valence-corrected chi connectivity index (χ3v) is 3.93. The number of piperidine rings is 1. The molecule has 1 aromatic rings. The van der Waals surface area contributed by atoms with Crippen molar-refractivity contribution < 1.29 is 8.78 Å². The van der Waals surface area contributed by atoms with Gasteiger partial charge in [0.1, 0.15) is 5.82 Å². The van der Waals surface area contributed by atoms with E-state index in [0.29, 0.717) is 19.0 Å².